The van der Waals surface area contributed by atoms with Gasteiger partial charge in [-0.15, -0.1) is 8.58 Å². The third-order valence-electron chi connectivity index (χ3n) is 5.33. The van der Waals surface area contributed by atoms with E-state index in [0.717, 1.165) is 40.0 Å². The third kappa shape index (κ3) is 12.3. The van der Waals surface area contributed by atoms with Crippen molar-refractivity contribution >= 4 is 8.58 Å². The molecule has 0 aromatic heterocycles. The van der Waals surface area contributed by atoms with E-state index in [2.05, 4.69) is 100 Å². The van der Waals surface area contributed by atoms with Crippen molar-refractivity contribution in [1.29, 1.82) is 0 Å². The van der Waals surface area contributed by atoms with Gasteiger partial charge >= 0.3 is 0 Å². The number of ether oxygens (including phenoxy) is 2. The summed E-state index contributed by atoms with van der Waals surface area (Å²) in [6, 6.07) is 8.66. The van der Waals surface area contributed by atoms with Gasteiger partial charge in [-0.1, -0.05) is 107 Å². The number of hydrogen-bond donors (Lipinski definition) is 0. The van der Waals surface area contributed by atoms with Gasteiger partial charge in [-0.2, -0.15) is 0 Å². The molecule has 31 heavy (non-hydrogen) atoms. The molecule has 0 saturated carbocycles. The molecule has 1 aromatic rings. The maximum absolute atomic E-state index is 6.47. The predicted octanol–water partition coefficient (Wildman–Crippen LogP) is 9.62. The van der Waals surface area contributed by atoms with Gasteiger partial charge in [0.15, 0.2) is 0 Å². The Morgan fingerprint density at radius 2 is 1.35 bits per heavy atom. The molecule has 0 N–H and O–H groups in total. The highest BCUT2D eigenvalue weighted by Crippen LogP contribution is 2.46. The van der Waals surface area contributed by atoms with Crippen LogP contribution in [0.4, 0.5) is 0 Å². The molecule has 0 fully saturated rings. The molecule has 0 aliphatic rings. The van der Waals surface area contributed by atoms with Gasteiger partial charge in [-0.3, -0.25) is 0 Å². The molecular weight excluding hydrogens is 399 g/mol. The minimum Gasteiger partial charge on any atom is -0.464 e. The highest BCUT2D eigenvalue weighted by Gasteiger charge is 2.31. The van der Waals surface area contributed by atoms with E-state index in [0.29, 0.717) is 5.66 Å². The molecule has 3 unspecified atom stereocenters. The Kier molecular flexibility index (Phi) is 15.0. The van der Waals surface area contributed by atoms with Gasteiger partial charge in [0.05, 0.1) is 6.10 Å². The quantitative estimate of drug-likeness (QED) is 0.246. The Bertz CT molecular complexity index is 563. The fraction of sp³-hybridized carbons (Fsp3) is 0.786. The van der Waals surface area contributed by atoms with E-state index in [1.807, 2.05) is 0 Å². The summed E-state index contributed by atoms with van der Waals surface area (Å²) in [5, 5.41) is 0. The second-order valence-electron chi connectivity index (χ2n) is 10.8. The monoisotopic (exact) mass is 452 g/mol. The predicted molar refractivity (Wildman–Crippen MR) is 142 cm³/mol. The van der Waals surface area contributed by atoms with E-state index >= 15 is 0 Å². The lowest BCUT2D eigenvalue weighted by Crippen LogP contribution is -2.38. The van der Waals surface area contributed by atoms with Crippen molar-refractivity contribution < 1.29 is 9.47 Å². The van der Waals surface area contributed by atoms with E-state index in [-0.39, 0.29) is 23.2 Å². The van der Waals surface area contributed by atoms with Crippen LogP contribution in [0.15, 0.2) is 24.3 Å². The first kappa shape index (κ1) is 30.4. The second-order valence-corrected chi connectivity index (χ2v) is 12.0. The van der Waals surface area contributed by atoms with Crippen LogP contribution in [0.5, 0.6) is 5.75 Å². The van der Waals surface area contributed by atoms with Crippen molar-refractivity contribution in [2.45, 2.75) is 126 Å². The molecule has 0 heterocycles. The van der Waals surface area contributed by atoms with Crippen LogP contribution in [0.3, 0.4) is 0 Å². The Labute approximate surface area is 197 Å². The van der Waals surface area contributed by atoms with Crippen molar-refractivity contribution in [2.24, 2.45) is 10.8 Å². The average molecular weight is 453 g/mol. The standard InChI is InChI=1S/C24H43O2P.C4H10/c1-10-13-19(14-11-2)25-22(24(6,7)8)26-20-16-12-15-18(17-20)21(27-9)23(3,4)5;1-3-4-2/h12,15-17,19,21-22,27H,10-11,13-14H2,1-9H3;3-4H2,1-2H3. The number of benzene rings is 1. The van der Waals surface area contributed by atoms with Crippen LogP contribution in [0, 0.1) is 10.8 Å². The van der Waals surface area contributed by atoms with Gasteiger partial charge in [0.2, 0.25) is 6.29 Å². The van der Waals surface area contributed by atoms with Crippen LogP contribution in [0.25, 0.3) is 0 Å². The average Bonchev–Trinajstić information content (AvgIpc) is 2.67. The van der Waals surface area contributed by atoms with E-state index in [1.54, 1.807) is 0 Å². The molecule has 0 bridgehead atoms. The Balaban J connectivity index is 0.00000206. The molecule has 0 aliphatic heterocycles. The summed E-state index contributed by atoms with van der Waals surface area (Å²) in [5.41, 5.74) is 2.08. The molecule has 1 aromatic carbocycles. The van der Waals surface area contributed by atoms with Crippen molar-refractivity contribution in [3.63, 3.8) is 0 Å². The van der Waals surface area contributed by atoms with Crippen molar-refractivity contribution in [3.05, 3.63) is 29.8 Å². The summed E-state index contributed by atoms with van der Waals surface area (Å²) in [7, 11) is 0.868. The fourth-order valence-electron chi connectivity index (χ4n) is 3.50. The SMILES string of the molecule is CCCC.CCCC(CCC)OC(Oc1cccc(C(PC)C(C)(C)C)c1)C(C)(C)C. The fourth-order valence-corrected chi connectivity index (χ4v) is 4.88. The summed E-state index contributed by atoms with van der Waals surface area (Å²) >= 11 is 0. The van der Waals surface area contributed by atoms with E-state index in [4.69, 9.17) is 9.47 Å². The molecule has 0 radical (unpaired) electrons. The van der Waals surface area contributed by atoms with Crippen molar-refractivity contribution in [3.8, 4) is 5.75 Å². The van der Waals surface area contributed by atoms with Crippen LogP contribution in [-0.2, 0) is 4.74 Å². The first-order valence-corrected chi connectivity index (χ1v) is 14.1. The van der Waals surface area contributed by atoms with E-state index < -0.39 is 0 Å². The van der Waals surface area contributed by atoms with Gasteiger partial charge in [-0.05, 0) is 42.6 Å². The van der Waals surface area contributed by atoms with Crippen molar-refractivity contribution in [2.75, 3.05) is 6.66 Å². The lowest BCUT2D eigenvalue weighted by atomic mass is 9.87. The Morgan fingerprint density at radius 1 is 0.806 bits per heavy atom. The molecule has 0 saturated heterocycles. The van der Waals surface area contributed by atoms with Crippen LogP contribution < -0.4 is 4.74 Å². The van der Waals surface area contributed by atoms with Gasteiger partial charge in [0, 0.05) is 11.1 Å². The topological polar surface area (TPSA) is 18.5 Å². The highest BCUT2D eigenvalue weighted by molar-refractivity contribution is 7.37. The van der Waals surface area contributed by atoms with Gasteiger partial charge in [0.1, 0.15) is 5.75 Å². The van der Waals surface area contributed by atoms with Gasteiger partial charge in [0.25, 0.3) is 0 Å². The minimum atomic E-state index is -0.243. The smallest absolute Gasteiger partial charge is 0.204 e. The summed E-state index contributed by atoms with van der Waals surface area (Å²) in [6.07, 6.45) is 7.13. The molecule has 3 heteroatoms. The molecule has 0 spiro atoms. The van der Waals surface area contributed by atoms with Crippen molar-refractivity contribution in [1.82, 2.24) is 0 Å². The Hall–Kier alpha value is -0.590. The molecule has 182 valence electrons. The van der Waals surface area contributed by atoms with Crippen LogP contribution >= 0.6 is 8.58 Å². The normalized spacial score (nSPS) is 14.5. The first-order chi connectivity index (χ1) is 14.4. The zero-order valence-electron chi connectivity index (χ0n) is 22.6. The Morgan fingerprint density at radius 3 is 1.74 bits per heavy atom. The van der Waals surface area contributed by atoms with Gasteiger partial charge < -0.3 is 9.47 Å². The largest absolute Gasteiger partial charge is 0.464 e. The summed E-state index contributed by atoms with van der Waals surface area (Å²) in [5.74, 6) is 0.923. The van der Waals surface area contributed by atoms with Crippen LogP contribution in [-0.4, -0.2) is 19.1 Å². The first-order valence-electron chi connectivity index (χ1n) is 12.5. The molecule has 1 rings (SSSR count). The maximum atomic E-state index is 6.47. The second kappa shape index (κ2) is 15.3. The maximum Gasteiger partial charge on any atom is 0.204 e. The molecule has 2 nitrogen and oxygen atoms in total. The molecule has 3 atom stereocenters. The van der Waals surface area contributed by atoms with Crippen LogP contribution in [0.2, 0.25) is 0 Å². The minimum absolute atomic E-state index is 0.0777. The van der Waals surface area contributed by atoms with Gasteiger partial charge in [-0.25, -0.2) is 0 Å². The number of unbranched alkanes of at least 4 members (excludes halogenated alkanes) is 1. The highest BCUT2D eigenvalue weighted by atomic mass is 31.1. The van der Waals surface area contributed by atoms with Crippen LogP contribution in [0.1, 0.15) is 119 Å². The summed E-state index contributed by atoms with van der Waals surface area (Å²) < 4.78 is 12.9. The number of rotatable bonds is 11. The molecule has 0 amide bonds. The summed E-state index contributed by atoms with van der Waals surface area (Å²) in [6.45, 7) is 24.7. The third-order valence-corrected chi connectivity index (χ3v) is 7.11. The summed E-state index contributed by atoms with van der Waals surface area (Å²) in [4.78, 5) is 0. The zero-order chi connectivity index (χ0) is 24.1. The lowest BCUT2D eigenvalue weighted by Gasteiger charge is -2.35. The zero-order valence-corrected chi connectivity index (χ0v) is 23.6. The van der Waals surface area contributed by atoms with E-state index in [9.17, 15) is 0 Å². The lowest BCUT2D eigenvalue weighted by molar-refractivity contribution is -0.174. The molecule has 0 aliphatic carbocycles. The molecular formula is C28H53O2P. The van der Waals surface area contributed by atoms with E-state index in [1.165, 1.54) is 18.4 Å². The number of hydrogen-bond acceptors (Lipinski definition) is 2.